The molecule has 1 aromatic heterocycles. The van der Waals surface area contributed by atoms with E-state index in [9.17, 15) is 5.26 Å². The smallest absolute Gasteiger partial charge is 0.101 e. The summed E-state index contributed by atoms with van der Waals surface area (Å²) in [6.45, 7) is 3.04. The Kier molecular flexibility index (Phi) is 4.56. The van der Waals surface area contributed by atoms with Gasteiger partial charge in [0.05, 0.1) is 35.0 Å². The Morgan fingerprint density at radius 3 is 2.85 bits per heavy atom. The minimum absolute atomic E-state index is 0.655. The molecule has 20 heavy (non-hydrogen) atoms. The summed E-state index contributed by atoms with van der Waals surface area (Å²) in [6, 6.07) is 11.8. The van der Waals surface area contributed by atoms with Crippen LogP contribution in [0.1, 0.15) is 18.9 Å². The van der Waals surface area contributed by atoms with Crippen LogP contribution in [0.3, 0.4) is 0 Å². The molecule has 0 fully saturated rings. The van der Waals surface area contributed by atoms with E-state index < -0.39 is 0 Å². The van der Waals surface area contributed by atoms with Crippen molar-refractivity contribution in [1.82, 2.24) is 4.98 Å². The minimum Gasteiger partial charge on any atom is -0.384 e. The fourth-order valence-electron chi connectivity index (χ4n) is 1.98. The first-order chi connectivity index (χ1) is 9.76. The zero-order valence-corrected chi connectivity index (χ0v) is 11.8. The van der Waals surface area contributed by atoms with E-state index in [1.165, 1.54) is 0 Å². The molecular weight excluding hydrogens is 248 g/mol. The number of benzene rings is 1. The topological polar surface area (TPSA) is 52.0 Å². The Balaban J connectivity index is 2.29. The average molecular weight is 266 g/mol. The first-order valence-corrected chi connectivity index (χ1v) is 6.68. The SMILES string of the molecule is CCCNc1cncc(N(C)c2ccccc2C#N)c1. The maximum Gasteiger partial charge on any atom is 0.101 e. The van der Waals surface area contributed by atoms with Crippen LogP contribution in [0.25, 0.3) is 0 Å². The average Bonchev–Trinajstić information content (AvgIpc) is 2.52. The Labute approximate surface area is 119 Å². The highest BCUT2D eigenvalue weighted by atomic mass is 15.1. The largest absolute Gasteiger partial charge is 0.384 e. The summed E-state index contributed by atoms with van der Waals surface area (Å²) in [4.78, 5) is 6.23. The van der Waals surface area contributed by atoms with Crippen molar-refractivity contribution in [2.45, 2.75) is 13.3 Å². The Bertz CT molecular complexity index is 616. The zero-order valence-electron chi connectivity index (χ0n) is 11.8. The second kappa shape index (κ2) is 6.58. The van der Waals surface area contributed by atoms with Gasteiger partial charge < -0.3 is 10.2 Å². The number of nitriles is 1. The summed E-state index contributed by atoms with van der Waals surface area (Å²) < 4.78 is 0. The van der Waals surface area contributed by atoms with Gasteiger partial charge in [0, 0.05) is 13.6 Å². The number of anilines is 3. The van der Waals surface area contributed by atoms with Crippen molar-refractivity contribution in [3.8, 4) is 6.07 Å². The summed E-state index contributed by atoms with van der Waals surface area (Å²) in [6.07, 6.45) is 4.67. The van der Waals surface area contributed by atoms with Gasteiger partial charge >= 0.3 is 0 Å². The van der Waals surface area contributed by atoms with Gasteiger partial charge in [-0.15, -0.1) is 0 Å². The lowest BCUT2D eigenvalue weighted by Crippen LogP contribution is -2.12. The first kappa shape index (κ1) is 13.9. The summed E-state index contributed by atoms with van der Waals surface area (Å²) in [5, 5.41) is 12.5. The molecule has 0 atom stereocenters. The van der Waals surface area contributed by atoms with Crippen molar-refractivity contribution >= 4 is 17.1 Å². The lowest BCUT2D eigenvalue weighted by Gasteiger charge is -2.21. The van der Waals surface area contributed by atoms with Gasteiger partial charge in [0.25, 0.3) is 0 Å². The molecule has 0 radical (unpaired) electrons. The number of nitrogens with zero attached hydrogens (tertiary/aromatic N) is 3. The lowest BCUT2D eigenvalue weighted by atomic mass is 10.1. The molecule has 0 saturated heterocycles. The number of aromatic nitrogens is 1. The third-order valence-corrected chi connectivity index (χ3v) is 3.08. The summed E-state index contributed by atoms with van der Waals surface area (Å²) >= 11 is 0. The quantitative estimate of drug-likeness (QED) is 0.899. The van der Waals surface area contributed by atoms with E-state index in [1.54, 1.807) is 6.20 Å². The molecule has 2 rings (SSSR count). The Morgan fingerprint density at radius 2 is 2.10 bits per heavy atom. The molecule has 0 unspecified atom stereocenters. The van der Waals surface area contributed by atoms with Crippen molar-refractivity contribution in [2.24, 2.45) is 0 Å². The second-order valence-electron chi connectivity index (χ2n) is 4.55. The molecule has 0 bridgehead atoms. The number of hydrogen-bond acceptors (Lipinski definition) is 4. The number of nitrogens with one attached hydrogen (secondary N) is 1. The maximum atomic E-state index is 9.18. The van der Waals surface area contributed by atoms with E-state index in [0.29, 0.717) is 5.56 Å². The molecular formula is C16H18N4. The van der Waals surface area contributed by atoms with Gasteiger partial charge in [-0.05, 0) is 24.6 Å². The van der Waals surface area contributed by atoms with E-state index in [4.69, 9.17) is 0 Å². The third kappa shape index (κ3) is 3.07. The van der Waals surface area contributed by atoms with Crippen LogP contribution in [0.15, 0.2) is 42.7 Å². The van der Waals surface area contributed by atoms with Crippen LogP contribution >= 0.6 is 0 Å². The highest BCUT2D eigenvalue weighted by Crippen LogP contribution is 2.27. The van der Waals surface area contributed by atoms with Gasteiger partial charge in [0.2, 0.25) is 0 Å². The van der Waals surface area contributed by atoms with Gasteiger partial charge in [0.1, 0.15) is 6.07 Å². The summed E-state index contributed by atoms with van der Waals surface area (Å²) in [7, 11) is 1.94. The molecule has 0 amide bonds. The van der Waals surface area contributed by atoms with E-state index >= 15 is 0 Å². The van der Waals surface area contributed by atoms with Crippen LogP contribution in [0.4, 0.5) is 17.1 Å². The van der Waals surface area contributed by atoms with Gasteiger partial charge in [-0.2, -0.15) is 5.26 Å². The fraction of sp³-hybridized carbons (Fsp3) is 0.250. The van der Waals surface area contributed by atoms with Crippen molar-refractivity contribution < 1.29 is 0 Å². The molecule has 1 N–H and O–H groups in total. The van der Waals surface area contributed by atoms with Crippen molar-refractivity contribution in [3.05, 3.63) is 48.3 Å². The predicted molar refractivity (Wildman–Crippen MR) is 82.2 cm³/mol. The zero-order chi connectivity index (χ0) is 14.4. The molecule has 4 nitrogen and oxygen atoms in total. The van der Waals surface area contributed by atoms with Crippen LogP contribution in [0, 0.1) is 11.3 Å². The van der Waals surface area contributed by atoms with Crippen LogP contribution in [0.2, 0.25) is 0 Å². The van der Waals surface area contributed by atoms with Gasteiger partial charge in [-0.25, -0.2) is 0 Å². The molecule has 102 valence electrons. The molecule has 0 aliphatic carbocycles. The van der Waals surface area contributed by atoms with E-state index in [1.807, 2.05) is 48.5 Å². The molecule has 0 saturated carbocycles. The number of hydrogen-bond donors (Lipinski definition) is 1. The monoisotopic (exact) mass is 266 g/mol. The molecule has 2 aromatic rings. The number of pyridine rings is 1. The number of rotatable bonds is 5. The molecule has 1 aromatic carbocycles. The van der Waals surface area contributed by atoms with E-state index in [2.05, 4.69) is 23.3 Å². The lowest BCUT2D eigenvalue weighted by molar-refractivity contribution is 0.977. The molecule has 0 aliphatic heterocycles. The fourth-order valence-corrected chi connectivity index (χ4v) is 1.98. The number of para-hydroxylation sites is 1. The van der Waals surface area contributed by atoms with E-state index in [0.717, 1.165) is 30.0 Å². The summed E-state index contributed by atoms with van der Waals surface area (Å²) in [5.74, 6) is 0. The van der Waals surface area contributed by atoms with Crippen LogP contribution in [0.5, 0.6) is 0 Å². The minimum atomic E-state index is 0.655. The van der Waals surface area contributed by atoms with Gasteiger partial charge in [-0.3, -0.25) is 4.98 Å². The van der Waals surface area contributed by atoms with E-state index in [-0.39, 0.29) is 0 Å². The standard InChI is InChI=1S/C16H18N4/c1-3-8-19-14-9-15(12-18-11-14)20(2)16-7-5-4-6-13(16)10-17/h4-7,9,11-12,19H,3,8H2,1-2H3. The maximum absolute atomic E-state index is 9.18. The van der Waals surface area contributed by atoms with Crippen molar-refractivity contribution in [2.75, 3.05) is 23.8 Å². The van der Waals surface area contributed by atoms with Gasteiger partial charge in [-0.1, -0.05) is 19.1 Å². The molecule has 1 heterocycles. The van der Waals surface area contributed by atoms with Crippen molar-refractivity contribution in [1.29, 1.82) is 5.26 Å². The molecule has 4 heteroatoms. The Hall–Kier alpha value is -2.54. The summed E-state index contributed by atoms with van der Waals surface area (Å²) in [5.41, 5.74) is 3.48. The molecule has 0 aliphatic rings. The normalized spacial score (nSPS) is 9.85. The van der Waals surface area contributed by atoms with Crippen LogP contribution in [-0.4, -0.2) is 18.6 Å². The molecule has 0 spiro atoms. The van der Waals surface area contributed by atoms with Crippen LogP contribution < -0.4 is 10.2 Å². The first-order valence-electron chi connectivity index (χ1n) is 6.68. The second-order valence-corrected chi connectivity index (χ2v) is 4.55. The highest BCUT2D eigenvalue weighted by Gasteiger charge is 2.09. The van der Waals surface area contributed by atoms with Crippen LogP contribution in [-0.2, 0) is 0 Å². The third-order valence-electron chi connectivity index (χ3n) is 3.08. The highest BCUT2D eigenvalue weighted by molar-refractivity contribution is 5.70. The Morgan fingerprint density at radius 1 is 1.30 bits per heavy atom. The van der Waals surface area contributed by atoms with Crippen molar-refractivity contribution in [3.63, 3.8) is 0 Å². The van der Waals surface area contributed by atoms with Gasteiger partial charge in [0.15, 0.2) is 0 Å². The predicted octanol–water partition coefficient (Wildman–Crippen LogP) is 3.54.